The van der Waals surface area contributed by atoms with Crippen LogP contribution in [-0.2, 0) is 12.8 Å². The second-order valence-electron chi connectivity index (χ2n) is 6.17. The Morgan fingerprint density at radius 1 is 1.26 bits per heavy atom. The van der Waals surface area contributed by atoms with Gasteiger partial charge in [-0.05, 0) is 62.8 Å². The van der Waals surface area contributed by atoms with Crippen LogP contribution in [0, 0.1) is 16.0 Å². The molecule has 1 aromatic carbocycles. The van der Waals surface area contributed by atoms with Gasteiger partial charge in [-0.2, -0.15) is 5.26 Å². The molecule has 2 aromatic rings. The lowest BCUT2D eigenvalue weighted by Gasteiger charge is -2.21. The Labute approximate surface area is 141 Å². The lowest BCUT2D eigenvalue weighted by atomic mass is 9.87. The van der Waals surface area contributed by atoms with Crippen LogP contribution in [0.15, 0.2) is 24.3 Å². The van der Waals surface area contributed by atoms with Gasteiger partial charge in [0.1, 0.15) is 16.5 Å². The molecule has 1 heterocycles. The minimum absolute atomic E-state index is 0.119. The fourth-order valence-corrected chi connectivity index (χ4v) is 3.48. The summed E-state index contributed by atoms with van der Waals surface area (Å²) in [6, 6.07) is 10.3. The quantitative estimate of drug-likeness (QED) is 0.813. The minimum Gasteiger partial charge on any atom is -0.491 e. The van der Waals surface area contributed by atoms with Crippen LogP contribution in [0.4, 0.5) is 0 Å². The van der Waals surface area contributed by atoms with Gasteiger partial charge in [0, 0.05) is 11.3 Å². The highest BCUT2D eigenvalue weighted by Crippen LogP contribution is 2.35. The molecule has 23 heavy (non-hydrogen) atoms. The number of H-pyrrole nitrogens is 1. The van der Waals surface area contributed by atoms with E-state index in [0.29, 0.717) is 10.2 Å². The highest BCUT2D eigenvalue weighted by molar-refractivity contribution is 7.71. The number of ether oxygens (including phenoxy) is 1. The van der Waals surface area contributed by atoms with Crippen molar-refractivity contribution in [2.45, 2.75) is 45.6 Å². The summed E-state index contributed by atoms with van der Waals surface area (Å²) >= 11 is 5.42. The number of hydrogen-bond donors (Lipinski definition) is 1. The molecule has 1 N–H and O–H groups in total. The molecule has 1 aliphatic carbocycles. The van der Waals surface area contributed by atoms with E-state index in [4.69, 9.17) is 17.0 Å². The molecule has 0 bridgehead atoms. The molecule has 3 nitrogen and oxygen atoms in total. The van der Waals surface area contributed by atoms with E-state index >= 15 is 0 Å². The summed E-state index contributed by atoms with van der Waals surface area (Å²) in [4.78, 5) is 3.27. The Morgan fingerprint density at radius 2 is 2.04 bits per heavy atom. The first-order chi connectivity index (χ1) is 11.1. The number of rotatable bonds is 3. The van der Waals surface area contributed by atoms with E-state index in [-0.39, 0.29) is 6.10 Å². The predicted octanol–water partition coefficient (Wildman–Crippen LogP) is 4.95. The summed E-state index contributed by atoms with van der Waals surface area (Å²) in [5, 5.41) is 9.61. The van der Waals surface area contributed by atoms with E-state index in [1.54, 1.807) is 0 Å². The molecule has 0 spiro atoms. The maximum atomic E-state index is 9.61. The van der Waals surface area contributed by atoms with Crippen molar-refractivity contribution in [1.29, 1.82) is 5.26 Å². The van der Waals surface area contributed by atoms with E-state index in [2.05, 4.69) is 11.1 Å². The van der Waals surface area contributed by atoms with Crippen LogP contribution >= 0.6 is 12.2 Å². The van der Waals surface area contributed by atoms with Gasteiger partial charge in [0.2, 0.25) is 0 Å². The molecule has 1 aromatic heterocycles. The third kappa shape index (κ3) is 3.16. The summed E-state index contributed by atoms with van der Waals surface area (Å²) in [5.74, 6) is 0.824. The van der Waals surface area contributed by atoms with E-state index in [9.17, 15) is 5.26 Å². The number of pyridine rings is 1. The Balaban J connectivity index is 2.21. The zero-order valence-electron chi connectivity index (χ0n) is 13.5. The zero-order chi connectivity index (χ0) is 16.4. The van der Waals surface area contributed by atoms with Crippen LogP contribution < -0.4 is 4.74 Å². The number of nitriles is 1. The van der Waals surface area contributed by atoms with Crippen molar-refractivity contribution in [3.8, 4) is 22.9 Å². The molecular weight excluding hydrogens is 304 g/mol. The van der Waals surface area contributed by atoms with Crippen molar-refractivity contribution in [3.05, 3.63) is 45.7 Å². The smallest absolute Gasteiger partial charge is 0.122 e. The molecule has 0 unspecified atom stereocenters. The van der Waals surface area contributed by atoms with E-state index < -0.39 is 0 Å². The average Bonchev–Trinajstić information content (AvgIpc) is 2.53. The largest absolute Gasteiger partial charge is 0.491 e. The van der Waals surface area contributed by atoms with Gasteiger partial charge in [0.15, 0.2) is 0 Å². The number of nitrogens with zero attached hydrogens (tertiary/aromatic N) is 1. The molecule has 0 saturated carbocycles. The van der Waals surface area contributed by atoms with Gasteiger partial charge in [-0.3, -0.25) is 0 Å². The monoisotopic (exact) mass is 324 g/mol. The topological polar surface area (TPSA) is 48.8 Å². The highest BCUT2D eigenvalue weighted by atomic mass is 32.1. The van der Waals surface area contributed by atoms with Gasteiger partial charge >= 0.3 is 0 Å². The molecule has 0 aliphatic heterocycles. The number of aromatic amines is 1. The fraction of sp³-hybridized carbons (Fsp3) is 0.368. The molecule has 1 aliphatic rings. The Kier molecular flexibility index (Phi) is 4.49. The SMILES string of the molecule is CC(C)Oc1cccc(-c2c3c([nH]c(=S)c2C#N)CCCC3)c1. The van der Waals surface area contributed by atoms with Crippen molar-refractivity contribution in [2.24, 2.45) is 0 Å². The predicted molar refractivity (Wildman–Crippen MR) is 94.2 cm³/mol. The summed E-state index contributed by atoms with van der Waals surface area (Å²) in [5.41, 5.74) is 4.99. The minimum atomic E-state index is 0.119. The van der Waals surface area contributed by atoms with Crippen LogP contribution in [0.2, 0.25) is 0 Å². The lowest BCUT2D eigenvalue weighted by molar-refractivity contribution is 0.242. The molecule has 0 atom stereocenters. The van der Waals surface area contributed by atoms with Crippen molar-refractivity contribution < 1.29 is 4.74 Å². The number of hydrogen-bond acceptors (Lipinski definition) is 3. The first-order valence-electron chi connectivity index (χ1n) is 8.05. The third-order valence-electron chi connectivity index (χ3n) is 4.12. The maximum Gasteiger partial charge on any atom is 0.122 e. The molecule has 0 fully saturated rings. The molecular formula is C19H20N2OS. The number of nitrogens with one attached hydrogen (secondary N) is 1. The molecule has 0 saturated heterocycles. The number of benzene rings is 1. The first-order valence-corrected chi connectivity index (χ1v) is 8.46. The Hall–Kier alpha value is -2.12. The summed E-state index contributed by atoms with van der Waals surface area (Å²) < 4.78 is 6.35. The van der Waals surface area contributed by atoms with Crippen molar-refractivity contribution in [1.82, 2.24) is 4.98 Å². The van der Waals surface area contributed by atoms with E-state index in [1.807, 2.05) is 38.1 Å². The summed E-state index contributed by atoms with van der Waals surface area (Å²) in [6.07, 6.45) is 4.42. The van der Waals surface area contributed by atoms with Crippen molar-refractivity contribution in [3.63, 3.8) is 0 Å². The van der Waals surface area contributed by atoms with Crippen molar-refractivity contribution in [2.75, 3.05) is 0 Å². The number of fused-ring (bicyclic) bond motifs is 1. The lowest BCUT2D eigenvalue weighted by Crippen LogP contribution is -2.10. The second kappa shape index (κ2) is 6.55. The molecule has 3 rings (SSSR count). The van der Waals surface area contributed by atoms with Gasteiger partial charge < -0.3 is 9.72 Å². The second-order valence-corrected chi connectivity index (χ2v) is 6.58. The van der Waals surface area contributed by atoms with Gasteiger partial charge in [-0.1, -0.05) is 24.4 Å². The van der Waals surface area contributed by atoms with Gasteiger partial charge in [0.25, 0.3) is 0 Å². The third-order valence-corrected chi connectivity index (χ3v) is 4.42. The van der Waals surface area contributed by atoms with Gasteiger partial charge in [0.05, 0.1) is 11.7 Å². The van der Waals surface area contributed by atoms with Crippen LogP contribution in [0.3, 0.4) is 0 Å². The zero-order valence-corrected chi connectivity index (χ0v) is 14.3. The first kappa shape index (κ1) is 15.8. The molecule has 4 heteroatoms. The highest BCUT2D eigenvalue weighted by Gasteiger charge is 2.20. The Bertz CT molecular complexity index is 830. The number of aryl methyl sites for hydroxylation is 1. The standard InChI is InChI=1S/C19H20N2OS/c1-12(2)22-14-7-5-6-13(10-14)18-15-8-3-4-9-17(15)21-19(23)16(18)11-20/h5-7,10,12H,3-4,8-9H2,1-2H3,(H,21,23). The van der Waals surface area contributed by atoms with E-state index in [0.717, 1.165) is 36.1 Å². The van der Waals surface area contributed by atoms with Crippen molar-refractivity contribution >= 4 is 12.2 Å². The fourth-order valence-electron chi connectivity index (χ4n) is 3.21. The number of aromatic nitrogens is 1. The molecule has 0 amide bonds. The summed E-state index contributed by atoms with van der Waals surface area (Å²) in [7, 11) is 0. The van der Waals surface area contributed by atoms with Gasteiger partial charge in [-0.15, -0.1) is 0 Å². The Morgan fingerprint density at radius 3 is 2.78 bits per heavy atom. The maximum absolute atomic E-state index is 9.61. The van der Waals surface area contributed by atoms with Crippen LogP contribution in [0.1, 0.15) is 43.5 Å². The van der Waals surface area contributed by atoms with Crippen LogP contribution in [0.25, 0.3) is 11.1 Å². The summed E-state index contributed by atoms with van der Waals surface area (Å²) in [6.45, 7) is 4.02. The molecule has 0 radical (unpaired) electrons. The van der Waals surface area contributed by atoms with Crippen LogP contribution in [0.5, 0.6) is 5.75 Å². The normalized spacial score (nSPS) is 13.5. The van der Waals surface area contributed by atoms with E-state index in [1.165, 1.54) is 17.7 Å². The van der Waals surface area contributed by atoms with Crippen LogP contribution in [-0.4, -0.2) is 11.1 Å². The average molecular weight is 324 g/mol. The van der Waals surface area contributed by atoms with Gasteiger partial charge in [-0.25, -0.2) is 0 Å². The molecule has 118 valence electrons.